The van der Waals surface area contributed by atoms with E-state index < -0.39 is 17.6 Å². The Bertz CT molecular complexity index is 1240. The maximum atomic E-state index is 13.0. The van der Waals surface area contributed by atoms with Gasteiger partial charge in [0, 0.05) is 19.0 Å². The lowest BCUT2D eigenvalue weighted by Gasteiger charge is -2.20. The van der Waals surface area contributed by atoms with E-state index in [0.717, 1.165) is 5.57 Å². The first-order valence-corrected chi connectivity index (χ1v) is 11.0. The van der Waals surface area contributed by atoms with Crippen molar-refractivity contribution in [2.45, 2.75) is 38.8 Å². The maximum Gasteiger partial charge on any atom is 0.309 e. The lowest BCUT2D eigenvalue weighted by atomic mass is 10.1. The molecule has 1 aromatic carbocycles. The summed E-state index contributed by atoms with van der Waals surface area (Å²) in [5.74, 6) is 5.08. The van der Waals surface area contributed by atoms with E-state index in [2.05, 4.69) is 33.9 Å². The van der Waals surface area contributed by atoms with Crippen LogP contribution >= 0.6 is 0 Å². The molecule has 1 aromatic heterocycles. The maximum absolute atomic E-state index is 13.0. The van der Waals surface area contributed by atoms with E-state index in [4.69, 9.17) is 9.15 Å². The van der Waals surface area contributed by atoms with Crippen LogP contribution in [-0.2, 0) is 11.2 Å². The summed E-state index contributed by atoms with van der Waals surface area (Å²) in [6.45, 7) is 8.60. The molecule has 0 bridgehead atoms. The predicted octanol–water partition coefficient (Wildman–Crippen LogP) is 2.58. The Morgan fingerprint density at radius 2 is 2.14 bits per heavy atom. The second-order valence-corrected chi connectivity index (χ2v) is 8.54. The van der Waals surface area contributed by atoms with Gasteiger partial charge in [0.05, 0.1) is 5.69 Å². The number of aromatic nitrogens is 2. The number of carbonyl (C=O) groups excluding carboxylic acids is 2. The van der Waals surface area contributed by atoms with Gasteiger partial charge >= 0.3 is 11.8 Å². The van der Waals surface area contributed by atoms with Crippen molar-refractivity contribution >= 4 is 17.5 Å². The Morgan fingerprint density at radius 3 is 2.86 bits per heavy atom. The number of fused-ring (bicyclic) bond motifs is 1. The lowest BCUT2D eigenvalue weighted by molar-refractivity contribution is -0.120. The number of hydrogen-bond donors (Lipinski definition) is 2. The van der Waals surface area contributed by atoms with Gasteiger partial charge in [0.15, 0.2) is 0 Å². The van der Waals surface area contributed by atoms with Gasteiger partial charge in [-0.25, -0.2) is 0 Å². The molecule has 1 aliphatic rings. The topological polar surface area (TPSA) is 118 Å². The van der Waals surface area contributed by atoms with E-state index in [0.29, 0.717) is 23.4 Å². The Kier molecular flexibility index (Phi) is 7.89. The van der Waals surface area contributed by atoms with Gasteiger partial charge in [-0.15, -0.1) is 10.2 Å². The molecule has 1 unspecified atom stereocenters. The highest BCUT2D eigenvalue weighted by molar-refractivity contribution is 6.02. The van der Waals surface area contributed by atoms with Crippen LogP contribution in [-0.4, -0.2) is 52.4 Å². The summed E-state index contributed by atoms with van der Waals surface area (Å²) in [5.41, 5.74) is 0.922. The highest BCUT2D eigenvalue weighted by atomic mass is 16.5. The molecule has 2 aromatic rings. The summed E-state index contributed by atoms with van der Waals surface area (Å²) < 4.78 is 11.2. The minimum Gasteiger partial charge on any atom is -0.489 e. The average molecular weight is 477 g/mol. The van der Waals surface area contributed by atoms with Gasteiger partial charge in [-0.3, -0.25) is 9.59 Å². The monoisotopic (exact) mass is 476 g/mol. The predicted molar refractivity (Wildman–Crippen MR) is 131 cm³/mol. The quantitative estimate of drug-likeness (QED) is 0.486. The minimum atomic E-state index is -1.15. The zero-order chi connectivity index (χ0) is 25.6. The fourth-order valence-electron chi connectivity index (χ4n) is 3.14. The zero-order valence-electron chi connectivity index (χ0n) is 20.2. The first-order valence-electron chi connectivity index (χ1n) is 11.0. The van der Waals surface area contributed by atoms with E-state index >= 15 is 0 Å². The van der Waals surface area contributed by atoms with Gasteiger partial charge in [0.2, 0.25) is 5.89 Å². The summed E-state index contributed by atoms with van der Waals surface area (Å²) in [7, 11) is 1.59. The van der Waals surface area contributed by atoms with E-state index in [-0.39, 0.29) is 24.3 Å². The molecular formula is C26H28N4O5. The summed E-state index contributed by atoms with van der Waals surface area (Å²) in [6, 6.07) is 4.16. The van der Waals surface area contributed by atoms with Gasteiger partial charge < -0.3 is 24.5 Å². The molecule has 0 radical (unpaired) electrons. The van der Waals surface area contributed by atoms with E-state index in [1.807, 2.05) is 19.1 Å². The average Bonchev–Trinajstić information content (AvgIpc) is 3.23. The molecule has 2 amide bonds. The van der Waals surface area contributed by atoms with E-state index in [9.17, 15) is 14.7 Å². The van der Waals surface area contributed by atoms with Crippen molar-refractivity contribution in [3.05, 3.63) is 72.0 Å². The van der Waals surface area contributed by atoms with Crippen LogP contribution in [0.1, 0.15) is 42.9 Å². The van der Waals surface area contributed by atoms with Gasteiger partial charge in [-0.2, -0.15) is 0 Å². The Balaban J connectivity index is 1.70. The van der Waals surface area contributed by atoms with Crippen molar-refractivity contribution in [1.29, 1.82) is 0 Å². The van der Waals surface area contributed by atoms with Crippen LogP contribution in [0.3, 0.4) is 0 Å². The fourth-order valence-corrected chi connectivity index (χ4v) is 3.14. The minimum absolute atomic E-state index is 0.0743. The van der Waals surface area contributed by atoms with Crippen molar-refractivity contribution in [1.82, 2.24) is 15.5 Å². The number of nitrogens with one attached hydrogen (secondary N) is 1. The van der Waals surface area contributed by atoms with E-state index in [1.165, 1.54) is 4.90 Å². The summed E-state index contributed by atoms with van der Waals surface area (Å²) >= 11 is 0. The first-order chi connectivity index (χ1) is 16.6. The summed E-state index contributed by atoms with van der Waals surface area (Å²) in [4.78, 5) is 27.1. The van der Waals surface area contributed by atoms with Gasteiger partial charge in [-0.1, -0.05) is 48.3 Å². The van der Waals surface area contributed by atoms with Crippen molar-refractivity contribution in [2.75, 3.05) is 18.6 Å². The number of anilines is 1. The molecule has 1 atom stereocenters. The number of rotatable bonds is 6. The molecule has 35 heavy (non-hydrogen) atoms. The molecule has 1 aliphatic heterocycles. The van der Waals surface area contributed by atoms with Crippen LogP contribution in [0.5, 0.6) is 5.75 Å². The summed E-state index contributed by atoms with van der Waals surface area (Å²) in [5, 5.41) is 20.1. The largest absolute Gasteiger partial charge is 0.489 e. The molecule has 0 spiro atoms. The molecule has 0 saturated carbocycles. The van der Waals surface area contributed by atoms with Crippen LogP contribution < -0.4 is 15.0 Å². The second kappa shape index (κ2) is 10.8. The van der Waals surface area contributed by atoms with E-state index in [1.54, 1.807) is 51.2 Å². The Morgan fingerprint density at radius 1 is 1.37 bits per heavy atom. The highest BCUT2D eigenvalue weighted by Gasteiger charge is 2.32. The third kappa shape index (κ3) is 6.91. The molecular weight excluding hydrogens is 448 g/mol. The number of amides is 2. The molecule has 0 saturated heterocycles. The number of carbonyl (C=O) groups is 2. The van der Waals surface area contributed by atoms with Gasteiger partial charge in [-0.05, 0) is 39.0 Å². The molecule has 9 nitrogen and oxygen atoms in total. The van der Waals surface area contributed by atoms with Crippen molar-refractivity contribution in [3.63, 3.8) is 0 Å². The van der Waals surface area contributed by atoms with Gasteiger partial charge in [0.1, 0.15) is 24.0 Å². The number of allylic oxidation sites excluding steroid dienone is 5. The Hall–Kier alpha value is -4.16. The number of hydrogen-bond acceptors (Lipinski definition) is 7. The normalized spacial score (nSPS) is 16.1. The standard InChI is InChI=1S/C26H28N4O5/c1-6-7-8-9-17(2)14-22-28-29-24(35-22)23(31)27-19-16-34-21-11-10-18(12-13-26(3,4)33)15-20(21)30(5)25(19)32/h6-11,15,19,33H,1,14,16H2,2-5H3,(H,27,31)/b8-7-,17-9+. The van der Waals surface area contributed by atoms with Crippen LogP contribution in [0.15, 0.2) is 59.1 Å². The van der Waals surface area contributed by atoms with Gasteiger partial charge in [0.25, 0.3) is 5.91 Å². The molecule has 0 aliphatic carbocycles. The van der Waals surface area contributed by atoms with Crippen LogP contribution in [0.25, 0.3) is 0 Å². The Labute approximate surface area is 204 Å². The number of benzene rings is 1. The fraction of sp³-hybridized carbons (Fsp3) is 0.308. The molecule has 2 N–H and O–H groups in total. The molecule has 182 valence electrons. The molecule has 2 heterocycles. The second-order valence-electron chi connectivity index (χ2n) is 8.54. The third-order valence-corrected chi connectivity index (χ3v) is 4.89. The van der Waals surface area contributed by atoms with Crippen molar-refractivity contribution < 1.29 is 23.8 Å². The molecule has 0 fully saturated rings. The van der Waals surface area contributed by atoms with Crippen LogP contribution in [0.4, 0.5) is 5.69 Å². The summed E-state index contributed by atoms with van der Waals surface area (Å²) in [6.07, 6.45) is 7.55. The van der Waals surface area contributed by atoms with Crippen molar-refractivity contribution in [2.24, 2.45) is 0 Å². The van der Waals surface area contributed by atoms with Crippen LogP contribution in [0, 0.1) is 11.8 Å². The molecule has 3 rings (SSSR count). The number of ether oxygens (including phenoxy) is 1. The highest BCUT2D eigenvalue weighted by Crippen LogP contribution is 2.31. The SMILES string of the molecule is C=C/C=C\C=C(/C)Cc1nnc(C(=O)NC2COc3ccc(C#CC(C)(C)O)cc3N(C)C2=O)o1. The third-order valence-electron chi connectivity index (χ3n) is 4.89. The number of aliphatic hydroxyl groups is 1. The van der Waals surface area contributed by atoms with Crippen LogP contribution in [0.2, 0.25) is 0 Å². The molecule has 9 heteroatoms. The smallest absolute Gasteiger partial charge is 0.309 e. The zero-order valence-corrected chi connectivity index (χ0v) is 20.2. The first kappa shape index (κ1) is 25.5. The number of likely N-dealkylation sites (N-methyl/N-ethyl adjacent to an activating group) is 1. The van der Waals surface area contributed by atoms with Crippen molar-refractivity contribution in [3.8, 4) is 17.6 Å². The lowest BCUT2D eigenvalue weighted by Crippen LogP contribution is -2.49. The number of nitrogens with zero attached hydrogens (tertiary/aromatic N) is 3.